The van der Waals surface area contributed by atoms with Crippen molar-refractivity contribution in [2.45, 2.75) is 31.8 Å². The van der Waals surface area contributed by atoms with Crippen molar-refractivity contribution in [3.8, 4) is 5.75 Å². The Morgan fingerprint density at radius 2 is 1.76 bits per heavy atom. The molecule has 2 aromatic carbocycles. The first-order chi connectivity index (χ1) is 13.6. The third-order valence-electron chi connectivity index (χ3n) is 3.74. The maximum Gasteiger partial charge on any atom is 0.339 e. The van der Waals surface area contributed by atoms with Gasteiger partial charge in [-0.15, -0.1) is 0 Å². The molecule has 29 heavy (non-hydrogen) atoms. The molecule has 0 heterocycles. The number of nitrogens with one attached hydrogen (secondary N) is 1. The van der Waals surface area contributed by atoms with E-state index in [-0.39, 0.29) is 16.1 Å². The number of rotatable bonds is 8. The van der Waals surface area contributed by atoms with Crippen LogP contribution >= 0.6 is 0 Å². The molecule has 0 saturated carbocycles. The van der Waals surface area contributed by atoms with Crippen LogP contribution in [0.25, 0.3) is 0 Å². The van der Waals surface area contributed by atoms with Crippen molar-refractivity contribution in [3.63, 3.8) is 0 Å². The first kappa shape index (κ1) is 22.4. The fraction of sp³-hybridized carbons (Fsp3) is 0.300. The number of hydrogen-bond acceptors (Lipinski definition) is 6. The van der Waals surface area contributed by atoms with E-state index in [0.717, 1.165) is 0 Å². The zero-order chi connectivity index (χ0) is 21.6. The Kier molecular flexibility index (Phi) is 7.35. The molecule has 1 amide bonds. The SMILES string of the molecule is CC(C)COc1cccc(C(=O)O[C@@H](C)C(=O)Nc2cccc(S(N)(=O)=O)c2)c1. The van der Waals surface area contributed by atoms with Crippen molar-refractivity contribution >= 4 is 27.6 Å². The number of carbonyl (C=O) groups excluding carboxylic acids is 2. The lowest BCUT2D eigenvalue weighted by Crippen LogP contribution is -2.30. The highest BCUT2D eigenvalue weighted by atomic mass is 32.2. The van der Waals surface area contributed by atoms with Crippen LogP contribution in [-0.2, 0) is 19.6 Å². The Labute approximate surface area is 170 Å². The van der Waals surface area contributed by atoms with Crippen LogP contribution in [0.3, 0.4) is 0 Å². The van der Waals surface area contributed by atoms with E-state index in [1.165, 1.54) is 31.2 Å². The van der Waals surface area contributed by atoms with Crippen LogP contribution < -0.4 is 15.2 Å². The summed E-state index contributed by atoms with van der Waals surface area (Å²) in [7, 11) is -3.90. The van der Waals surface area contributed by atoms with Gasteiger partial charge in [0.25, 0.3) is 5.91 Å². The lowest BCUT2D eigenvalue weighted by molar-refractivity contribution is -0.123. The fourth-order valence-corrected chi connectivity index (χ4v) is 2.81. The van der Waals surface area contributed by atoms with E-state index in [2.05, 4.69) is 5.32 Å². The second-order valence-electron chi connectivity index (χ2n) is 6.84. The molecule has 0 unspecified atom stereocenters. The van der Waals surface area contributed by atoms with Crippen molar-refractivity contribution in [1.29, 1.82) is 0 Å². The lowest BCUT2D eigenvalue weighted by Gasteiger charge is -2.14. The van der Waals surface area contributed by atoms with Crippen LogP contribution in [0.5, 0.6) is 5.75 Å². The molecule has 2 rings (SSSR count). The van der Waals surface area contributed by atoms with Crippen LogP contribution in [0.2, 0.25) is 0 Å². The third kappa shape index (κ3) is 6.88. The number of hydrogen-bond donors (Lipinski definition) is 2. The number of esters is 1. The minimum Gasteiger partial charge on any atom is -0.493 e. The highest BCUT2D eigenvalue weighted by Gasteiger charge is 2.20. The maximum atomic E-state index is 12.3. The molecule has 0 aliphatic rings. The Bertz CT molecular complexity index is 988. The van der Waals surface area contributed by atoms with E-state index in [0.29, 0.717) is 18.3 Å². The Morgan fingerprint density at radius 1 is 1.07 bits per heavy atom. The first-order valence-electron chi connectivity index (χ1n) is 8.94. The quantitative estimate of drug-likeness (QED) is 0.632. The minimum atomic E-state index is -3.90. The van der Waals surface area contributed by atoms with Crippen molar-refractivity contribution in [3.05, 3.63) is 54.1 Å². The number of sulfonamides is 1. The molecule has 156 valence electrons. The zero-order valence-electron chi connectivity index (χ0n) is 16.4. The summed E-state index contributed by atoms with van der Waals surface area (Å²) in [5, 5.41) is 7.57. The predicted octanol–water partition coefficient (Wildman–Crippen LogP) is 2.55. The van der Waals surface area contributed by atoms with Gasteiger partial charge in [-0.1, -0.05) is 26.0 Å². The molecule has 1 atom stereocenters. The Morgan fingerprint density at radius 3 is 2.41 bits per heavy atom. The molecule has 0 fully saturated rings. The number of benzene rings is 2. The molecule has 9 heteroatoms. The standard InChI is InChI=1S/C20H24N2O6S/c1-13(2)12-27-17-8-4-6-15(10-17)20(24)28-14(3)19(23)22-16-7-5-9-18(11-16)29(21,25)26/h4-11,13-14H,12H2,1-3H3,(H,22,23)(H2,21,25,26)/t14-/m0/s1. The maximum absolute atomic E-state index is 12.3. The van der Waals surface area contributed by atoms with Gasteiger partial charge in [0.05, 0.1) is 17.1 Å². The Balaban J connectivity index is 2.01. The highest BCUT2D eigenvalue weighted by Crippen LogP contribution is 2.17. The molecule has 3 N–H and O–H groups in total. The molecular formula is C20H24N2O6S. The monoisotopic (exact) mass is 420 g/mol. The molecule has 0 aliphatic carbocycles. The number of anilines is 1. The molecule has 0 spiro atoms. The zero-order valence-corrected chi connectivity index (χ0v) is 17.2. The van der Waals surface area contributed by atoms with E-state index in [1.807, 2.05) is 13.8 Å². The molecule has 8 nitrogen and oxygen atoms in total. The van der Waals surface area contributed by atoms with E-state index in [4.69, 9.17) is 14.6 Å². The van der Waals surface area contributed by atoms with Gasteiger partial charge in [-0.2, -0.15) is 0 Å². The van der Waals surface area contributed by atoms with Crippen molar-refractivity contribution in [2.75, 3.05) is 11.9 Å². The summed E-state index contributed by atoms with van der Waals surface area (Å²) in [5.41, 5.74) is 0.468. The normalized spacial score (nSPS) is 12.3. The third-order valence-corrected chi connectivity index (χ3v) is 4.65. The topological polar surface area (TPSA) is 125 Å². The summed E-state index contributed by atoms with van der Waals surface area (Å²) in [5.74, 6) is -0.426. The van der Waals surface area contributed by atoms with Gasteiger partial charge in [-0.3, -0.25) is 4.79 Å². The smallest absolute Gasteiger partial charge is 0.339 e. The van der Waals surface area contributed by atoms with Gasteiger partial charge in [0.1, 0.15) is 5.75 Å². The molecule has 2 aromatic rings. The summed E-state index contributed by atoms with van der Waals surface area (Å²) in [6.45, 7) is 5.94. The van der Waals surface area contributed by atoms with E-state index in [9.17, 15) is 18.0 Å². The van der Waals surface area contributed by atoms with Crippen LogP contribution in [0.1, 0.15) is 31.1 Å². The summed E-state index contributed by atoms with van der Waals surface area (Å²) in [4.78, 5) is 24.5. The predicted molar refractivity (Wildman–Crippen MR) is 108 cm³/mol. The molecule has 0 saturated heterocycles. The second kappa shape index (κ2) is 9.53. The Hall–Kier alpha value is -2.91. The van der Waals surface area contributed by atoms with Crippen LogP contribution in [-0.4, -0.2) is 33.0 Å². The second-order valence-corrected chi connectivity index (χ2v) is 8.40. The molecular weight excluding hydrogens is 396 g/mol. The van der Waals surface area contributed by atoms with Gasteiger partial charge in [-0.25, -0.2) is 18.4 Å². The number of carbonyl (C=O) groups is 2. The minimum absolute atomic E-state index is 0.141. The number of ether oxygens (including phenoxy) is 2. The van der Waals surface area contributed by atoms with E-state index >= 15 is 0 Å². The van der Waals surface area contributed by atoms with Gasteiger partial charge in [0, 0.05) is 5.69 Å². The first-order valence-corrected chi connectivity index (χ1v) is 10.5. The van der Waals surface area contributed by atoms with Gasteiger partial charge < -0.3 is 14.8 Å². The van der Waals surface area contributed by atoms with Gasteiger partial charge >= 0.3 is 5.97 Å². The molecule has 0 bridgehead atoms. The summed E-state index contributed by atoms with van der Waals surface area (Å²) >= 11 is 0. The summed E-state index contributed by atoms with van der Waals surface area (Å²) in [6.07, 6.45) is -1.11. The largest absolute Gasteiger partial charge is 0.493 e. The van der Waals surface area contributed by atoms with Gasteiger partial charge in [0.2, 0.25) is 10.0 Å². The number of amides is 1. The average molecular weight is 420 g/mol. The number of primary sulfonamides is 1. The fourth-order valence-electron chi connectivity index (χ4n) is 2.25. The molecule has 0 aromatic heterocycles. The van der Waals surface area contributed by atoms with Crippen molar-refractivity contribution in [2.24, 2.45) is 11.1 Å². The summed E-state index contributed by atoms with van der Waals surface area (Å²) in [6, 6.07) is 12.0. The number of nitrogens with two attached hydrogens (primary N) is 1. The highest BCUT2D eigenvalue weighted by molar-refractivity contribution is 7.89. The van der Waals surface area contributed by atoms with Crippen molar-refractivity contribution in [1.82, 2.24) is 0 Å². The van der Waals surface area contributed by atoms with Gasteiger partial charge in [-0.05, 0) is 49.2 Å². The van der Waals surface area contributed by atoms with Crippen molar-refractivity contribution < 1.29 is 27.5 Å². The van der Waals surface area contributed by atoms with Crippen LogP contribution in [0.15, 0.2) is 53.4 Å². The molecule has 0 radical (unpaired) electrons. The van der Waals surface area contributed by atoms with Gasteiger partial charge in [0.15, 0.2) is 6.10 Å². The van der Waals surface area contributed by atoms with Crippen LogP contribution in [0, 0.1) is 5.92 Å². The molecule has 0 aliphatic heterocycles. The average Bonchev–Trinajstić information content (AvgIpc) is 2.66. The lowest BCUT2D eigenvalue weighted by atomic mass is 10.2. The van der Waals surface area contributed by atoms with Crippen LogP contribution in [0.4, 0.5) is 5.69 Å². The van der Waals surface area contributed by atoms with E-state index in [1.54, 1.807) is 24.3 Å². The summed E-state index contributed by atoms with van der Waals surface area (Å²) < 4.78 is 33.6. The van der Waals surface area contributed by atoms with E-state index < -0.39 is 28.0 Å².